The third kappa shape index (κ3) is 3.28. The summed E-state index contributed by atoms with van der Waals surface area (Å²) < 4.78 is 35.2. The monoisotopic (exact) mass is 268 g/mol. The lowest BCUT2D eigenvalue weighted by molar-refractivity contribution is -0.144. The predicted octanol–water partition coefficient (Wildman–Crippen LogP) is -1.58. The van der Waals surface area contributed by atoms with Gasteiger partial charge in [-0.05, 0) is 0 Å². The topological polar surface area (TPSA) is 131 Å². The average Bonchev–Trinajstić information content (AvgIpc) is 2.65. The summed E-state index contributed by atoms with van der Waals surface area (Å²) >= 11 is 0. The molecule has 0 radical (unpaired) electrons. The van der Waals surface area contributed by atoms with Crippen LogP contribution in [0.2, 0.25) is 0 Å². The van der Waals surface area contributed by atoms with Gasteiger partial charge in [0.15, 0.2) is 5.54 Å². The number of carboxylic acid groups (broad SMARTS) is 1. The smallest absolute Gasteiger partial charge is 0.421 e. The lowest BCUT2D eigenvalue weighted by Gasteiger charge is -2.22. The first kappa shape index (κ1) is 13.7. The number of aliphatic carboxylic acids is 1. The van der Waals surface area contributed by atoms with E-state index in [0.717, 1.165) is 7.11 Å². The van der Waals surface area contributed by atoms with Crippen molar-refractivity contribution in [1.29, 1.82) is 0 Å². The minimum absolute atomic E-state index is 0.0234. The number of hydrogen-bond acceptors (Lipinski definition) is 6. The van der Waals surface area contributed by atoms with E-state index in [1.54, 1.807) is 0 Å². The van der Waals surface area contributed by atoms with Gasteiger partial charge in [0, 0.05) is 13.0 Å². The van der Waals surface area contributed by atoms with Crippen LogP contribution in [0.1, 0.15) is 6.42 Å². The average molecular weight is 268 g/mol. The van der Waals surface area contributed by atoms with Crippen molar-refractivity contribution in [3.63, 3.8) is 0 Å². The number of amides is 1. The number of carbonyl (C=O) groups is 2. The summed E-state index contributed by atoms with van der Waals surface area (Å²) in [7, 11) is -3.33. The van der Waals surface area contributed by atoms with Gasteiger partial charge in [0.25, 0.3) is 0 Å². The molecule has 3 N–H and O–H groups in total. The first-order valence-electron chi connectivity index (χ1n) is 4.52. The molecule has 1 heterocycles. The minimum Gasteiger partial charge on any atom is -0.480 e. The van der Waals surface area contributed by atoms with Crippen molar-refractivity contribution in [2.45, 2.75) is 12.0 Å². The fraction of sp³-hybridized carbons (Fsp3) is 0.714. The number of carboxylic acids is 1. The SMILES string of the molecule is COC(=O)NS(=O)(=O)NC1(C(=O)O)CCOC1. The number of rotatable bonds is 4. The molecule has 17 heavy (non-hydrogen) atoms. The predicted molar refractivity (Wildman–Crippen MR) is 53.4 cm³/mol. The van der Waals surface area contributed by atoms with Gasteiger partial charge in [-0.15, -0.1) is 0 Å². The molecular formula is C7H12N2O7S. The van der Waals surface area contributed by atoms with Crippen LogP contribution in [0.25, 0.3) is 0 Å². The molecule has 1 fully saturated rings. The van der Waals surface area contributed by atoms with Crippen LogP contribution in [-0.2, 0) is 24.5 Å². The Labute approximate surface area is 97.3 Å². The quantitative estimate of drug-likeness (QED) is 0.560. The molecule has 0 aromatic carbocycles. The first-order valence-corrected chi connectivity index (χ1v) is 6.00. The second-order valence-electron chi connectivity index (χ2n) is 3.39. The van der Waals surface area contributed by atoms with Crippen LogP contribution in [0.4, 0.5) is 4.79 Å². The molecule has 1 saturated heterocycles. The zero-order valence-corrected chi connectivity index (χ0v) is 9.74. The van der Waals surface area contributed by atoms with E-state index < -0.39 is 27.8 Å². The molecule has 1 aliphatic heterocycles. The first-order chi connectivity index (χ1) is 7.81. The van der Waals surface area contributed by atoms with Gasteiger partial charge in [0.05, 0.1) is 13.7 Å². The molecule has 98 valence electrons. The molecule has 1 aliphatic rings. The third-order valence-corrected chi connectivity index (χ3v) is 3.26. The van der Waals surface area contributed by atoms with E-state index in [0.29, 0.717) is 0 Å². The molecule has 1 rings (SSSR count). The van der Waals surface area contributed by atoms with Crippen molar-refractivity contribution in [3.8, 4) is 0 Å². The van der Waals surface area contributed by atoms with Crippen LogP contribution in [0, 0.1) is 0 Å². The Morgan fingerprint density at radius 3 is 2.53 bits per heavy atom. The van der Waals surface area contributed by atoms with E-state index in [9.17, 15) is 18.0 Å². The van der Waals surface area contributed by atoms with Crippen LogP contribution in [0.15, 0.2) is 0 Å². The van der Waals surface area contributed by atoms with Gasteiger partial charge in [0.1, 0.15) is 0 Å². The molecule has 1 amide bonds. The largest absolute Gasteiger partial charge is 0.480 e. The maximum absolute atomic E-state index is 11.4. The second kappa shape index (κ2) is 4.85. The van der Waals surface area contributed by atoms with Crippen LogP contribution in [0.5, 0.6) is 0 Å². The molecule has 9 nitrogen and oxygen atoms in total. The Bertz CT molecular complexity index is 412. The molecule has 0 aromatic heterocycles. The van der Waals surface area contributed by atoms with Crippen molar-refractivity contribution in [2.75, 3.05) is 20.3 Å². The Hall–Kier alpha value is -1.39. The van der Waals surface area contributed by atoms with E-state index >= 15 is 0 Å². The number of methoxy groups -OCH3 is 1. The zero-order valence-electron chi connectivity index (χ0n) is 8.93. The van der Waals surface area contributed by atoms with Crippen molar-refractivity contribution in [2.24, 2.45) is 0 Å². The van der Waals surface area contributed by atoms with Crippen LogP contribution < -0.4 is 9.44 Å². The number of carbonyl (C=O) groups excluding carboxylic acids is 1. The summed E-state index contributed by atoms with van der Waals surface area (Å²) in [5.74, 6) is -1.37. The molecule has 1 unspecified atom stereocenters. The summed E-state index contributed by atoms with van der Waals surface area (Å²) in [5, 5.41) is 8.97. The van der Waals surface area contributed by atoms with Crippen molar-refractivity contribution >= 4 is 22.3 Å². The van der Waals surface area contributed by atoms with Gasteiger partial charge >= 0.3 is 22.3 Å². The Kier molecular flexibility index (Phi) is 3.91. The fourth-order valence-corrected chi connectivity index (χ4v) is 2.41. The Balaban J connectivity index is 2.81. The Morgan fingerprint density at radius 2 is 2.12 bits per heavy atom. The van der Waals surface area contributed by atoms with Gasteiger partial charge in [-0.2, -0.15) is 13.1 Å². The lowest BCUT2D eigenvalue weighted by Crippen LogP contribution is -2.58. The van der Waals surface area contributed by atoms with E-state index in [4.69, 9.17) is 9.84 Å². The van der Waals surface area contributed by atoms with E-state index in [1.807, 2.05) is 4.72 Å². The van der Waals surface area contributed by atoms with E-state index in [-0.39, 0.29) is 19.6 Å². The molecule has 0 bridgehead atoms. The summed E-state index contributed by atoms with van der Waals surface area (Å²) in [4.78, 5) is 21.7. The second-order valence-corrected chi connectivity index (χ2v) is 4.80. The van der Waals surface area contributed by atoms with Crippen molar-refractivity contribution in [3.05, 3.63) is 0 Å². The minimum atomic E-state index is -4.32. The molecule has 0 aromatic rings. The normalized spacial score (nSPS) is 24.3. The maximum Gasteiger partial charge on any atom is 0.421 e. The zero-order chi connectivity index (χ0) is 13.1. The fourth-order valence-electron chi connectivity index (χ4n) is 1.29. The molecule has 1 atom stereocenters. The van der Waals surface area contributed by atoms with Crippen molar-refractivity contribution in [1.82, 2.24) is 9.44 Å². The lowest BCUT2D eigenvalue weighted by atomic mass is 10.0. The molecule has 0 aliphatic carbocycles. The number of ether oxygens (including phenoxy) is 2. The van der Waals surface area contributed by atoms with Gasteiger partial charge in [-0.1, -0.05) is 0 Å². The molecule has 0 saturated carbocycles. The van der Waals surface area contributed by atoms with Crippen LogP contribution in [0.3, 0.4) is 0 Å². The summed E-state index contributed by atoms with van der Waals surface area (Å²) in [6, 6.07) is 0. The van der Waals surface area contributed by atoms with E-state index in [2.05, 4.69) is 4.74 Å². The van der Waals surface area contributed by atoms with Gasteiger partial charge in [0.2, 0.25) is 0 Å². The Morgan fingerprint density at radius 1 is 1.47 bits per heavy atom. The number of nitrogens with one attached hydrogen (secondary N) is 2. The molecule has 10 heteroatoms. The van der Waals surface area contributed by atoms with Crippen molar-refractivity contribution < 1.29 is 32.6 Å². The summed E-state index contributed by atoms with van der Waals surface area (Å²) in [6.07, 6.45) is -1.23. The standard InChI is InChI=1S/C7H12N2O7S/c1-15-6(12)8-17(13,14)9-7(5(10)11)2-3-16-4-7/h9H,2-4H2,1H3,(H,8,12)(H,10,11). The van der Waals surface area contributed by atoms with Gasteiger partial charge < -0.3 is 14.6 Å². The highest BCUT2D eigenvalue weighted by atomic mass is 32.2. The maximum atomic E-state index is 11.4. The van der Waals surface area contributed by atoms with Crippen LogP contribution >= 0.6 is 0 Å². The van der Waals surface area contributed by atoms with Crippen LogP contribution in [-0.4, -0.2) is 51.4 Å². The molecule has 0 spiro atoms. The van der Waals surface area contributed by atoms with Gasteiger partial charge in [-0.25, -0.2) is 9.52 Å². The summed E-state index contributed by atoms with van der Waals surface area (Å²) in [5.41, 5.74) is -1.75. The highest BCUT2D eigenvalue weighted by molar-refractivity contribution is 7.88. The van der Waals surface area contributed by atoms with E-state index in [1.165, 1.54) is 4.72 Å². The highest BCUT2D eigenvalue weighted by Gasteiger charge is 2.46. The third-order valence-electron chi connectivity index (χ3n) is 2.16. The highest BCUT2D eigenvalue weighted by Crippen LogP contribution is 2.19. The summed E-state index contributed by atoms with van der Waals surface area (Å²) in [6.45, 7) is -0.183. The van der Waals surface area contributed by atoms with Gasteiger partial charge in [-0.3, -0.25) is 4.79 Å². The molecular weight excluding hydrogens is 256 g/mol. The number of hydrogen-bond donors (Lipinski definition) is 3.